The van der Waals surface area contributed by atoms with Gasteiger partial charge in [0.05, 0.1) is 6.54 Å². The number of nitrogens with one attached hydrogen (secondary N) is 1. The number of nitrogens with zero attached hydrogens (tertiary/aromatic N) is 6. The Morgan fingerprint density at radius 1 is 1.47 bits per heavy atom. The van der Waals surface area contributed by atoms with E-state index in [9.17, 15) is 4.79 Å². The number of hydrogen-bond donors (Lipinski definition) is 2. The molecule has 0 unspecified atom stereocenters. The normalized spacial score (nSPS) is 10.2. The maximum Gasteiger partial charge on any atom is 0.404 e. The van der Waals surface area contributed by atoms with Crippen LogP contribution in [-0.4, -0.2) is 49.0 Å². The summed E-state index contributed by atoms with van der Waals surface area (Å²) in [6.45, 7) is 0.359. The Morgan fingerprint density at radius 2 is 2.32 bits per heavy atom. The lowest BCUT2D eigenvalue weighted by atomic mass is 10.7. The van der Waals surface area contributed by atoms with Crippen LogP contribution in [0, 0.1) is 0 Å². The van der Waals surface area contributed by atoms with Gasteiger partial charge in [-0.15, -0.1) is 0 Å². The van der Waals surface area contributed by atoms with Crippen LogP contribution in [0.3, 0.4) is 0 Å². The maximum atomic E-state index is 10.4. The van der Waals surface area contributed by atoms with Crippen LogP contribution in [0.15, 0.2) is 12.7 Å². The molecule has 0 aliphatic rings. The number of halogens is 1. The molecular weight excluding hydrogens is 276 g/mol. The van der Waals surface area contributed by atoms with Crippen LogP contribution in [0.1, 0.15) is 0 Å². The highest BCUT2D eigenvalue weighted by atomic mass is 35.5. The van der Waals surface area contributed by atoms with Crippen molar-refractivity contribution in [1.29, 1.82) is 0 Å². The first-order valence-electron chi connectivity index (χ1n) is 5.08. The molecule has 10 nitrogen and oxygen atoms in total. The van der Waals surface area contributed by atoms with Crippen molar-refractivity contribution < 1.29 is 9.53 Å². The van der Waals surface area contributed by atoms with Crippen LogP contribution >= 0.6 is 11.6 Å². The van der Waals surface area contributed by atoms with Crippen LogP contribution in [0.5, 0.6) is 0 Å². The number of nitrogens with two attached hydrogens (primary N) is 1. The Bertz CT molecular complexity index is 560. The summed E-state index contributed by atoms with van der Waals surface area (Å²) in [4.78, 5) is 25.9. The Labute approximate surface area is 112 Å². The molecule has 2 rings (SSSR count). The molecule has 19 heavy (non-hydrogen) atoms. The quantitative estimate of drug-likeness (QED) is 0.709. The van der Waals surface area contributed by atoms with Gasteiger partial charge in [-0.2, -0.15) is 24.7 Å². The number of rotatable bonds is 5. The molecule has 2 aromatic rings. The zero-order chi connectivity index (χ0) is 13.7. The fraction of sp³-hybridized carbons (Fsp3) is 0.250. The molecule has 0 aliphatic carbocycles. The highest BCUT2D eigenvalue weighted by Crippen LogP contribution is 2.08. The van der Waals surface area contributed by atoms with Crippen molar-refractivity contribution in [2.45, 2.75) is 0 Å². The molecular formula is C8H9ClN8O2. The molecule has 2 heterocycles. The number of aromatic nitrogens is 6. The third kappa shape index (κ3) is 3.74. The van der Waals surface area contributed by atoms with Crippen LogP contribution in [0.4, 0.5) is 10.7 Å². The Hall–Kier alpha value is -2.49. The summed E-state index contributed by atoms with van der Waals surface area (Å²) in [7, 11) is 0. The number of carbonyl (C=O) groups is 1. The summed E-state index contributed by atoms with van der Waals surface area (Å²) >= 11 is 5.76. The van der Waals surface area contributed by atoms with Crippen molar-refractivity contribution in [2.24, 2.45) is 5.73 Å². The van der Waals surface area contributed by atoms with E-state index in [1.807, 2.05) is 0 Å². The standard InChI is InChI=1S/C8H9ClN8O2/c9-5-14-7(12-1-2-19-6(10)18)16-8(15-5)17-4-11-3-13-17/h3-4H,1-2H2,(H2,10,18)(H,12,14,15,16). The van der Waals surface area contributed by atoms with Gasteiger partial charge in [-0.3, -0.25) is 0 Å². The predicted molar refractivity (Wildman–Crippen MR) is 63.8 cm³/mol. The van der Waals surface area contributed by atoms with Gasteiger partial charge in [0.15, 0.2) is 0 Å². The van der Waals surface area contributed by atoms with Crippen molar-refractivity contribution in [2.75, 3.05) is 18.5 Å². The van der Waals surface area contributed by atoms with E-state index in [2.05, 4.69) is 35.1 Å². The van der Waals surface area contributed by atoms with Crippen LogP contribution < -0.4 is 11.1 Å². The lowest BCUT2D eigenvalue weighted by molar-refractivity contribution is 0.161. The minimum absolute atomic E-state index is 0.00109. The Balaban J connectivity index is 2.03. The lowest BCUT2D eigenvalue weighted by Crippen LogP contribution is -2.19. The first-order valence-corrected chi connectivity index (χ1v) is 5.45. The fourth-order valence-corrected chi connectivity index (χ4v) is 1.30. The van der Waals surface area contributed by atoms with Gasteiger partial charge in [-0.05, 0) is 11.6 Å². The van der Waals surface area contributed by atoms with Crippen molar-refractivity contribution >= 4 is 23.6 Å². The average molecular weight is 285 g/mol. The van der Waals surface area contributed by atoms with E-state index in [1.165, 1.54) is 17.3 Å². The number of anilines is 1. The van der Waals surface area contributed by atoms with Crippen LogP contribution in [0.2, 0.25) is 5.28 Å². The average Bonchev–Trinajstić information content (AvgIpc) is 2.87. The smallest absolute Gasteiger partial charge is 0.404 e. The molecule has 3 N–H and O–H groups in total. The Kier molecular flexibility index (Phi) is 4.03. The SMILES string of the molecule is NC(=O)OCCNc1nc(Cl)nc(-n2cncn2)n1. The molecule has 0 spiro atoms. The summed E-state index contributed by atoms with van der Waals surface area (Å²) < 4.78 is 5.87. The van der Waals surface area contributed by atoms with Gasteiger partial charge in [0.1, 0.15) is 19.3 Å². The summed E-state index contributed by atoms with van der Waals surface area (Å²) in [5.74, 6) is 0.439. The van der Waals surface area contributed by atoms with Gasteiger partial charge in [0, 0.05) is 0 Å². The van der Waals surface area contributed by atoms with E-state index in [0.29, 0.717) is 0 Å². The molecule has 2 aromatic heterocycles. The second kappa shape index (κ2) is 5.91. The maximum absolute atomic E-state index is 10.4. The van der Waals surface area contributed by atoms with E-state index in [0.717, 1.165) is 0 Å². The van der Waals surface area contributed by atoms with E-state index in [4.69, 9.17) is 17.3 Å². The number of hydrogen-bond acceptors (Lipinski definition) is 8. The third-order valence-electron chi connectivity index (χ3n) is 1.85. The monoisotopic (exact) mass is 284 g/mol. The van der Waals surface area contributed by atoms with E-state index in [-0.39, 0.29) is 30.3 Å². The van der Waals surface area contributed by atoms with Crippen LogP contribution in [-0.2, 0) is 4.74 Å². The zero-order valence-corrected chi connectivity index (χ0v) is 10.3. The van der Waals surface area contributed by atoms with Crippen molar-refractivity contribution in [3.63, 3.8) is 0 Å². The second-order valence-corrected chi connectivity index (χ2v) is 3.50. The fourth-order valence-electron chi connectivity index (χ4n) is 1.15. The number of amides is 1. The van der Waals surface area contributed by atoms with E-state index < -0.39 is 6.09 Å². The highest BCUT2D eigenvalue weighted by molar-refractivity contribution is 6.28. The molecule has 0 bridgehead atoms. The minimum atomic E-state index is -0.848. The third-order valence-corrected chi connectivity index (χ3v) is 2.02. The predicted octanol–water partition coefficient (Wildman–Crippen LogP) is -0.387. The second-order valence-electron chi connectivity index (χ2n) is 3.16. The molecule has 100 valence electrons. The Morgan fingerprint density at radius 3 is 3.00 bits per heavy atom. The summed E-state index contributed by atoms with van der Waals surface area (Å²) in [6, 6.07) is 0. The largest absolute Gasteiger partial charge is 0.448 e. The molecule has 0 saturated heterocycles. The first kappa shape index (κ1) is 13.0. The molecule has 0 radical (unpaired) electrons. The minimum Gasteiger partial charge on any atom is -0.448 e. The van der Waals surface area contributed by atoms with Gasteiger partial charge >= 0.3 is 6.09 Å². The van der Waals surface area contributed by atoms with Crippen molar-refractivity contribution in [1.82, 2.24) is 29.7 Å². The van der Waals surface area contributed by atoms with E-state index in [1.54, 1.807) is 0 Å². The van der Waals surface area contributed by atoms with Gasteiger partial charge in [0.2, 0.25) is 11.2 Å². The topological polar surface area (TPSA) is 134 Å². The summed E-state index contributed by atoms with van der Waals surface area (Å²) in [5, 5.41) is 6.67. The molecule has 0 fully saturated rings. The van der Waals surface area contributed by atoms with Gasteiger partial charge in [-0.25, -0.2) is 9.78 Å². The molecule has 0 saturated carbocycles. The number of ether oxygens (including phenoxy) is 1. The van der Waals surface area contributed by atoms with Crippen LogP contribution in [0.25, 0.3) is 5.95 Å². The molecule has 0 atom stereocenters. The number of primary amides is 1. The van der Waals surface area contributed by atoms with Gasteiger partial charge in [-0.1, -0.05) is 0 Å². The number of carbonyl (C=O) groups excluding carboxylic acids is 1. The van der Waals surface area contributed by atoms with Gasteiger partial charge in [0.25, 0.3) is 5.95 Å². The zero-order valence-electron chi connectivity index (χ0n) is 9.52. The van der Waals surface area contributed by atoms with Gasteiger partial charge < -0.3 is 15.8 Å². The molecule has 11 heteroatoms. The van der Waals surface area contributed by atoms with Crippen molar-refractivity contribution in [3.8, 4) is 5.95 Å². The summed E-state index contributed by atoms with van der Waals surface area (Å²) in [5.41, 5.74) is 4.81. The summed E-state index contributed by atoms with van der Waals surface area (Å²) in [6.07, 6.45) is 1.91. The molecule has 1 amide bonds. The highest BCUT2D eigenvalue weighted by Gasteiger charge is 2.07. The van der Waals surface area contributed by atoms with E-state index >= 15 is 0 Å². The lowest BCUT2D eigenvalue weighted by Gasteiger charge is -2.06. The first-order chi connectivity index (χ1) is 9.15. The molecule has 0 aromatic carbocycles. The van der Waals surface area contributed by atoms with Crippen molar-refractivity contribution in [3.05, 3.63) is 17.9 Å². The molecule has 0 aliphatic heterocycles.